The molecule has 110 valence electrons. The number of anilines is 2. The van der Waals surface area contributed by atoms with Gasteiger partial charge in [-0.3, -0.25) is 0 Å². The minimum Gasteiger partial charge on any atom is -0.489 e. The molecule has 3 rings (SSSR count). The van der Waals surface area contributed by atoms with Crippen molar-refractivity contribution in [1.29, 1.82) is 0 Å². The maximum Gasteiger partial charge on any atom is 0.144 e. The largest absolute Gasteiger partial charge is 0.489 e. The first-order valence-corrected chi connectivity index (χ1v) is 7.49. The number of fused-ring (bicyclic) bond motifs is 1. The number of nitrogens with two attached hydrogens (primary N) is 1. The van der Waals surface area contributed by atoms with E-state index in [4.69, 9.17) is 10.5 Å². The molecule has 1 aliphatic heterocycles. The van der Waals surface area contributed by atoms with Crippen LogP contribution in [0, 0.1) is 0 Å². The summed E-state index contributed by atoms with van der Waals surface area (Å²) in [6.45, 7) is 6.96. The van der Waals surface area contributed by atoms with Crippen molar-refractivity contribution in [2.45, 2.75) is 26.3 Å². The van der Waals surface area contributed by atoms with E-state index in [0.717, 1.165) is 30.2 Å². The van der Waals surface area contributed by atoms with Crippen LogP contribution < -0.4 is 15.4 Å². The summed E-state index contributed by atoms with van der Waals surface area (Å²) in [5.41, 5.74) is 10.4. The van der Waals surface area contributed by atoms with Gasteiger partial charge in [-0.15, -0.1) is 0 Å². The van der Waals surface area contributed by atoms with Crippen molar-refractivity contribution < 1.29 is 4.74 Å². The van der Waals surface area contributed by atoms with Crippen LogP contribution >= 0.6 is 0 Å². The normalized spacial score (nSPS) is 14.0. The van der Waals surface area contributed by atoms with Crippen LogP contribution in [-0.2, 0) is 6.54 Å². The number of ether oxygens (including phenoxy) is 1. The Kier molecular flexibility index (Phi) is 3.74. The number of hydrogen-bond acceptors (Lipinski definition) is 3. The summed E-state index contributed by atoms with van der Waals surface area (Å²) in [4.78, 5) is 2.35. The average Bonchev–Trinajstić information content (AvgIpc) is 2.47. The van der Waals surface area contributed by atoms with Gasteiger partial charge in [0.15, 0.2) is 0 Å². The molecule has 0 saturated heterocycles. The first-order chi connectivity index (χ1) is 10.1. The molecule has 0 saturated carbocycles. The van der Waals surface area contributed by atoms with E-state index in [0.29, 0.717) is 12.5 Å². The predicted molar refractivity (Wildman–Crippen MR) is 87.9 cm³/mol. The van der Waals surface area contributed by atoms with Crippen molar-refractivity contribution in [3.8, 4) is 5.75 Å². The fraction of sp³-hybridized carbons (Fsp3) is 0.333. The van der Waals surface area contributed by atoms with Gasteiger partial charge in [0.1, 0.15) is 12.4 Å². The Morgan fingerprint density at radius 2 is 1.90 bits per heavy atom. The molecule has 0 fully saturated rings. The van der Waals surface area contributed by atoms with Gasteiger partial charge in [0.05, 0.1) is 12.2 Å². The first-order valence-electron chi connectivity index (χ1n) is 7.49. The lowest BCUT2D eigenvalue weighted by Crippen LogP contribution is -2.32. The third kappa shape index (κ3) is 2.97. The highest BCUT2D eigenvalue weighted by atomic mass is 16.5. The minimum atomic E-state index is 0.575. The molecule has 0 atom stereocenters. The Morgan fingerprint density at radius 1 is 1.14 bits per heavy atom. The molecule has 1 aliphatic rings. The molecule has 0 aliphatic carbocycles. The number of nitrogens with zero attached hydrogens (tertiary/aromatic N) is 1. The monoisotopic (exact) mass is 282 g/mol. The second-order valence-corrected chi connectivity index (χ2v) is 5.89. The van der Waals surface area contributed by atoms with E-state index in [2.05, 4.69) is 43.0 Å². The second-order valence-electron chi connectivity index (χ2n) is 5.89. The molecule has 21 heavy (non-hydrogen) atoms. The van der Waals surface area contributed by atoms with E-state index < -0.39 is 0 Å². The van der Waals surface area contributed by atoms with Crippen molar-refractivity contribution in [2.75, 3.05) is 23.8 Å². The van der Waals surface area contributed by atoms with Crippen molar-refractivity contribution in [3.05, 3.63) is 53.6 Å². The zero-order chi connectivity index (χ0) is 14.8. The molecule has 3 heteroatoms. The summed E-state index contributed by atoms with van der Waals surface area (Å²) in [7, 11) is 0. The number of benzene rings is 2. The Balaban J connectivity index is 1.80. The standard InChI is InChI=1S/C18H22N2O/c1-13(2)15-5-3-14(4-6-15)12-20-9-10-21-18-11-16(19)7-8-17(18)20/h3-8,11,13H,9-10,12,19H2,1-2H3. The number of rotatable bonds is 3. The first kappa shape index (κ1) is 13.8. The van der Waals surface area contributed by atoms with E-state index in [1.54, 1.807) is 0 Å². The van der Waals surface area contributed by atoms with Gasteiger partial charge in [-0.25, -0.2) is 0 Å². The van der Waals surface area contributed by atoms with Crippen molar-refractivity contribution in [1.82, 2.24) is 0 Å². The van der Waals surface area contributed by atoms with E-state index in [9.17, 15) is 0 Å². The molecule has 3 nitrogen and oxygen atoms in total. The topological polar surface area (TPSA) is 38.5 Å². The van der Waals surface area contributed by atoms with Gasteiger partial charge in [-0.1, -0.05) is 38.1 Å². The zero-order valence-corrected chi connectivity index (χ0v) is 12.7. The highest BCUT2D eigenvalue weighted by Gasteiger charge is 2.18. The maximum atomic E-state index is 5.83. The smallest absolute Gasteiger partial charge is 0.144 e. The minimum absolute atomic E-state index is 0.575. The Bertz CT molecular complexity index is 620. The average molecular weight is 282 g/mol. The molecule has 0 spiro atoms. The molecule has 0 aromatic heterocycles. The molecule has 0 radical (unpaired) electrons. The molecular weight excluding hydrogens is 260 g/mol. The summed E-state index contributed by atoms with van der Waals surface area (Å²) in [6, 6.07) is 14.8. The predicted octanol–water partition coefficient (Wildman–Crippen LogP) is 3.79. The number of nitrogen functional groups attached to an aromatic ring is 1. The SMILES string of the molecule is CC(C)c1ccc(CN2CCOc3cc(N)ccc32)cc1. The van der Waals surface area contributed by atoms with Crippen LogP contribution in [0.15, 0.2) is 42.5 Å². The van der Waals surface area contributed by atoms with E-state index in [-0.39, 0.29) is 0 Å². The van der Waals surface area contributed by atoms with Crippen LogP contribution in [0.1, 0.15) is 30.9 Å². The molecular formula is C18H22N2O. The number of hydrogen-bond donors (Lipinski definition) is 1. The van der Waals surface area contributed by atoms with E-state index in [1.165, 1.54) is 11.1 Å². The van der Waals surface area contributed by atoms with Crippen LogP contribution in [-0.4, -0.2) is 13.2 Å². The lowest BCUT2D eigenvalue weighted by molar-refractivity contribution is 0.307. The second kappa shape index (κ2) is 5.68. The third-order valence-electron chi connectivity index (χ3n) is 3.96. The van der Waals surface area contributed by atoms with Gasteiger partial charge in [0, 0.05) is 18.3 Å². The highest BCUT2D eigenvalue weighted by molar-refractivity contribution is 5.65. The summed E-state index contributed by atoms with van der Waals surface area (Å²) >= 11 is 0. The maximum absolute atomic E-state index is 5.83. The van der Waals surface area contributed by atoms with Crippen molar-refractivity contribution in [2.24, 2.45) is 0 Å². The van der Waals surface area contributed by atoms with Crippen LogP contribution in [0.4, 0.5) is 11.4 Å². The molecule has 2 aromatic carbocycles. The van der Waals surface area contributed by atoms with Crippen LogP contribution in [0.5, 0.6) is 5.75 Å². The van der Waals surface area contributed by atoms with Gasteiger partial charge in [-0.05, 0) is 29.2 Å². The lowest BCUT2D eigenvalue weighted by atomic mass is 10.0. The van der Waals surface area contributed by atoms with Gasteiger partial charge in [-0.2, -0.15) is 0 Å². The Hall–Kier alpha value is -2.16. The molecule has 2 aromatic rings. The van der Waals surface area contributed by atoms with Crippen LogP contribution in [0.25, 0.3) is 0 Å². The van der Waals surface area contributed by atoms with Gasteiger partial charge in [0.25, 0.3) is 0 Å². The van der Waals surface area contributed by atoms with Gasteiger partial charge in [0.2, 0.25) is 0 Å². The lowest BCUT2D eigenvalue weighted by Gasteiger charge is -2.31. The van der Waals surface area contributed by atoms with Gasteiger partial charge >= 0.3 is 0 Å². The van der Waals surface area contributed by atoms with Crippen molar-refractivity contribution in [3.63, 3.8) is 0 Å². The quantitative estimate of drug-likeness (QED) is 0.870. The van der Waals surface area contributed by atoms with Crippen molar-refractivity contribution >= 4 is 11.4 Å². The Labute approximate surface area is 126 Å². The molecule has 0 unspecified atom stereocenters. The molecule has 0 bridgehead atoms. The van der Waals surface area contributed by atoms with E-state index >= 15 is 0 Å². The molecule has 0 amide bonds. The Morgan fingerprint density at radius 3 is 2.62 bits per heavy atom. The summed E-state index contributed by atoms with van der Waals surface area (Å²) < 4.78 is 5.70. The zero-order valence-electron chi connectivity index (χ0n) is 12.7. The summed E-state index contributed by atoms with van der Waals surface area (Å²) in [5.74, 6) is 1.46. The van der Waals surface area contributed by atoms with E-state index in [1.807, 2.05) is 18.2 Å². The highest BCUT2D eigenvalue weighted by Crippen LogP contribution is 2.34. The summed E-state index contributed by atoms with van der Waals surface area (Å²) in [6.07, 6.45) is 0. The summed E-state index contributed by atoms with van der Waals surface area (Å²) in [5, 5.41) is 0. The molecule has 1 heterocycles. The van der Waals surface area contributed by atoms with Gasteiger partial charge < -0.3 is 15.4 Å². The van der Waals surface area contributed by atoms with Crippen LogP contribution in [0.2, 0.25) is 0 Å². The fourth-order valence-electron chi connectivity index (χ4n) is 2.69. The fourth-order valence-corrected chi connectivity index (χ4v) is 2.69. The third-order valence-corrected chi connectivity index (χ3v) is 3.96. The molecule has 2 N–H and O–H groups in total. The van der Waals surface area contributed by atoms with Crippen LogP contribution in [0.3, 0.4) is 0 Å².